The number of esters is 1. The first-order chi connectivity index (χ1) is 21.3. The summed E-state index contributed by atoms with van der Waals surface area (Å²) in [6, 6.07) is 8.19. The van der Waals surface area contributed by atoms with Gasteiger partial charge >= 0.3 is 5.97 Å². The number of hydrogen-bond donors (Lipinski definition) is 0. The number of carbonyl (C=O) groups excluding carboxylic acids is 2. The summed E-state index contributed by atoms with van der Waals surface area (Å²) in [6.07, 6.45) is 4.71. The third kappa shape index (κ3) is 5.19. The quantitative estimate of drug-likeness (QED) is 0.289. The molecule has 44 heavy (non-hydrogen) atoms. The van der Waals surface area contributed by atoms with Crippen molar-refractivity contribution in [2.45, 2.75) is 57.5 Å². The minimum atomic E-state index is -0.735. The summed E-state index contributed by atoms with van der Waals surface area (Å²) in [6.45, 7) is 10.4. The van der Waals surface area contributed by atoms with Gasteiger partial charge in [0, 0.05) is 25.0 Å². The predicted molar refractivity (Wildman–Crippen MR) is 168 cm³/mol. The molecule has 1 saturated carbocycles. The molecule has 0 bridgehead atoms. The normalized spacial score (nSPS) is 24.6. The molecule has 3 aliphatic rings. The van der Waals surface area contributed by atoms with E-state index in [0.717, 1.165) is 36.2 Å². The van der Waals surface area contributed by atoms with Crippen LogP contribution in [0.5, 0.6) is 23.0 Å². The van der Waals surface area contributed by atoms with Crippen LogP contribution in [0.3, 0.4) is 0 Å². The van der Waals surface area contributed by atoms with E-state index in [0.29, 0.717) is 61.8 Å². The maximum atomic E-state index is 13.9. The molecule has 5 rings (SSSR count). The van der Waals surface area contributed by atoms with Crippen molar-refractivity contribution in [2.75, 3.05) is 54.7 Å². The number of carbonyl (C=O) groups is 2. The second kappa shape index (κ2) is 13.1. The van der Waals surface area contributed by atoms with Crippen LogP contribution >= 0.6 is 0 Å². The summed E-state index contributed by atoms with van der Waals surface area (Å²) < 4.78 is 28.6. The molecule has 1 amide bonds. The molecule has 2 aliphatic heterocycles. The first kappa shape index (κ1) is 31.7. The molecule has 1 spiro atoms. The van der Waals surface area contributed by atoms with Crippen molar-refractivity contribution in [1.29, 1.82) is 0 Å². The van der Waals surface area contributed by atoms with Crippen molar-refractivity contribution < 1.29 is 33.3 Å². The Kier molecular flexibility index (Phi) is 9.44. The van der Waals surface area contributed by atoms with Crippen LogP contribution in [-0.4, -0.2) is 76.4 Å². The average Bonchev–Trinajstić information content (AvgIpc) is 3.06. The molecule has 0 radical (unpaired) electrons. The van der Waals surface area contributed by atoms with Gasteiger partial charge < -0.3 is 28.6 Å². The van der Waals surface area contributed by atoms with Crippen molar-refractivity contribution in [3.8, 4) is 23.0 Å². The van der Waals surface area contributed by atoms with Crippen molar-refractivity contribution >= 4 is 11.9 Å². The molecular formula is C35H46N2O7. The molecule has 0 N–H and O–H groups in total. The zero-order valence-electron chi connectivity index (χ0n) is 26.9. The molecule has 4 atom stereocenters. The molecule has 2 heterocycles. The highest BCUT2D eigenvalue weighted by Crippen LogP contribution is 2.59. The summed E-state index contributed by atoms with van der Waals surface area (Å²) in [5, 5.41) is 0. The highest BCUT2D eigenvalue weighted by atomic mass is 16.5. The highest BCUT2D eigenvalue weighted by molar-refractivity contribution is 5.88. The van der Waals surface area contributed by atoms with Crippen LogP contribution in [-0.2, 0) is 32.7 Å². The maximum absolute atomic E-state index is 13.9. The van der Waals surface area contributed by atoms with Crippen LogP contribution in [0.2, 0.25) is 0 Å². The van der Waals surface area contributed by atoms with Gasteiger partial charge in [-0.2, -0.15) is 0 Å². The Hall–Kier alpha value is -3.72. The van der Waals surface area contributed by atoms with E-state index in [4.69, 9.17) is 23.7 Å². The maximum Gasteiger partial charge on any atom is 0.308 e. The Morgan fingerprint density at radius 1 is 0.909 bits per heavy atom. The lowest BCUT2D eigenvalue weighted by Crippen LogP contribution is -2.62. The predicted octanol–water partition coefficient (Wildman–Crippen LogP) is 5.09. The van der Waals surface area contributed by atoms with Gasteiger partial charge in [0.2, 0.25) is 5.91 Å². The number of amides is 1. The molecule has 2 aromatic carbocycles. The van der Waals surface area contributed by atoms with Crippen LogP contribution in [0.4, 0.5) is 0 Å². The fourth-order valence-corrected chi connectivity index (χ4v) is 8.11. The number of ether oxygens (including phenoxy) is 5. The molecule has 1 fully saturated rings. The number of benzene rings is 2. The van der Waals surface area contributed by atoms with E-state index in [2.05, 4.69) is 42.7 Å². The Morgan fingerprint density at radius 3 is 2.14 bits per heavy atom. The molecule has 0 saturated heterocycles. The first-order valence-electron chi connectivity index (χ1n) is 15.7. The minimum Gasteiger partial charge on any atom is -0.493 e. The van der Waals surface area contributed by atoms with Crippen molar-refractivity contribution in [2.24, 2.45) is 11.8 Å². The van der Waals surface area contributed by atoms with Crippen LogP contribution in [0.15, 0.2) is 36.9 Å². The molecule has 9 nitrogen and oxygen atoms in total. The smallest absolute Gasteiger partial charge is 0.308 e. The van der Waals surface area contributed by atoms with Gasteiger partial charge in [-0.25, -0.2) is 0 Å². The highest BCUT2D eigenvalue weighted by Gasteiger charge is 2.57. The number of nitrogens with zero attached hydrogens (tertiary/aromatic N) is 2. The van der Waals surface area contributed by atoms with Crippen LogP contribution in [0.1, 0.15) is 61.4 Å². The molecule has 1 aliphatic carbocycles. The third-order valence-corrected chi connectivity index (χ3v) is 10.1. The Morgan fingerprint density at radius 2 is 1.52 bits per heavy atom. The SMILES string of the molecule is C=CC(=O)N1CCc2cc(OC)c(OC)cc2C12CCC(C(=O)OCC)CC2C1c2cc(OC)c(OC)cc2CCN1CC. The van der Waals surface area contributed by atoms with E-state index in [-0.39, 0.29) is 29.8 Å². The average molecular weight is 607 g/mol. The molecule has 238 valence electrons. The Labute approximate surface area is 261 Å². The van der Waals surface area contributed by atoms with Crippen LogP contribution < -0.4 is 18.9 Å². The zero-order chi connectivity index (χ0) is 31.6. The van der Waals surface area contributed by atoms with Crippen molar-refractivity contribution in [3.05, 3.63) is 59.2 Å². The van der Waals surface area contributed by atoms with E-state index < -0.39 is 5.54 Å². The lowest BCUT2D eigenvalue weighted by atomic mass is 9.58. The van der Waals surface area contributed by atoms with Gasteiger partial charge in [-0.15, -0.1) is 0 Å². The van der Waals surface area contributed by atoms with Crippen LogP contribution in [0, 0.1) is 11.8 Å². The fraction of sp³-hybridized carbons (Fsp3) is 0.543. The topological polar surface area (TPSA) is 86.8 Å². The summed E-state index contributed by atoms with van der Waals surface area (Å²) in [7, 11) is 6.59. The van der Waals surface area contributed by atoms with Gasteiger partial charge in [-0.3, -0.25) is 14.5 Å². The monoisotopic (exact) mass is 606 g/mol. The number of methoxy groups -OCH3 is 4. The lowest BCUT2D eigenvalue weighted by molar-refractivity contribution is -0.157. The summed E-state index contributed by atoms with van der Waals surface area (Å²) >= 11 is 0. The van der Waals surface area contributed by atoms with Gasteiger partial charge in [0.25, 0.3) is 0 Å². The first-order valence-corrected chi connectivity index (χ1v) is 15.7. The Bertz CT molecular complexity index is 1410. The molecular weight excluding hydrogens is 560 g/mol. The summed E-state index contributed by atoms with van der Waals surface area (Å²) in [4.78, 5) is 31.7. The van der Waals surface area contributed by atoms with Crippen LogP contribution in [0.25, 0.3) is 0 Å². The Balaban J connectivity index is 1.80. The lowest BCUT2D eigenvalue weighted by Gasteiger charge is -2.59. The summed E-state index contributed by atoms with van der Waals surface area (Å²) in [5.74, 6) is 1.89. The standard InChI is InChI=1S/C35H46N2O7/c1-8-32(38)37-16-13-23-19-29(41-5)31(43-7)21-26(23)35(37)14-11-24(34(39)44-10-3)17-27(35)33-25-20-30(42-6)28(40-4)18-22(25)12-15-36(33)9-2/h8,18-21,24,27,33H,1,9-17H2,2-7H3. The number of likely N-dealkylation sites (N-methyl/N-ethyl adjacent to an activating group) is 1. The second-order valence-corrected chi connectivity index (χ2v) is 11.8. The van der Waals surface area contributed by atoms with E-state index in [1.165, 1.54) is 11.6 Å². The molecule has 0 aromatic heterocycles. The number of rotatable bonds is 9. The molecule has 9 heteroatoms. The van der Waals surface area contributed by atoms with Gasteiger partial charge in [0.1, 0.15) is 0 Å². The van der Waals surface area contributed by atoms with E-state index in [1.807, 2.05) is 11.8 Å². The van der Waals surface area contributed by atoms with Crippen molar-refractivity contribution in [3.63, 3.8) is 0 Å². The van der Waals surface area contributed by atoms with Gasteiger partial charge in [0.15, 0.2) is 23.0 Å². The van der Waals surface area contributed by atoms with E-state index in [9.17, 15) is 9.59 Å². The fourth-order valence-electron chi connectivity index (χ4n) is 8.11. The van der Waals surface area contributed by atoms with E-state index in [1.54, 1.807) is 28.4 Å². The largest absolute Gasteiger partial charge is 0.493 e. The van der Waals surface area contributed by atoms with E-state index >= 15 is 0 Å². The number of hydrogen-bond acceptors (Lipinski definition) is 8. The number of fused-ring (bicyclic) bond motifs is 3. The molecule has 2 aromatic rings. The van der Waals surface area contributed by atoms with Gasteiger partial charge in [-0.05, 0) is 98.2 Å². The van der Waals surface area contributed by atoms with Gasteiger partial charge in [-0.1, -0.05) is 13.5 Å². The second-order valence-electron chi connectivity index (χ2n) is 11.8. The minimum absolute atomic E-state index is 0.111. The third-order valence-electron chi connectivity index (χ3n) is 10.1. The molecule has 4 unspecified atom stereocenters. The zero-order valence-corrected chi connectivity index (χ0v) is 26.9. The summed E-state index contributed by atoms with van der Waals surface area (Å²) in [5.41, 5.74) is 3.77. The van der Waals surface area contributed by atoms with Crippen molar-refractivity contribution in [1.82, 2.24) is 9.80 Å². The van der Waals surface area contributed by atoms with Gasteiger partial charge in [0.05, 0.1) is 46.5 Å².